The number of likely N-dealkylation sites (tertiary alicyclic amines) is 1. The summed E-state index contributed by atoms with van der Waals surface area (Å²) < 4.78 is 0. The Morgan fingerprint density at radius 2 is 1.96 bits per heavy atom. The van der Waals surface area contributed by atoms with Crippen LogP contribution in [0.3, 0.4) is 0 Å². The molecule has 0 bridgehead atoms. The number of nitrogens with zero attached hydrogens (tertiary/aromatic N) is 1. The maximum absolute atomic E-state index is 12.2. The number of amides is 3. The van der Waals surface area contributed by atoms with E-state index < -0.39 is 0 Å². The van der Waals surface area contributed by atoms with Crippen LogP contribution in [0.1, 0.15) is 49.5 Å². The second kappa shape index (κ2) is 7.99. The van der Waals surface area contributed by atoms with Crippen LogP contribution in [0.4, 0.5) is 4.79 Å². The quantitative estimate of drug-likeness (QED) is 0.897. The average Bonchev–Trinajstić information content (AvgIpc) is 2.53. The molecule has 1 aromatic rings. The van der Waals surface area contributed by atoms with Crippen molar-refractivity contribution in [2.24, 2.45) is 5.92 Å². The second-order valence-electron chi connectivity index (χ2n) is 6.66. The molecular weight excluding hydrogens is 290 g/mol. The van der Waals surface area contributed by atoms with Gasteiger partial charge in [-0.15, -0.1) is 0 Å². The molecule has 2 N–H and O–H groups in total. The minimum atomic E-state index is -0.0850. The number of hydrogen-bond acceptors (Lipinski definition) is 2. The Balaban J connectivity index is 1.88. The maximum atomic E-state index is 12.2. The summed E-state index contributed by atoms with van der Waals surface area (Å²) in [7, 11) is 0. The third-order valence-corrected chi connectivity index (χ3v) is 4.12. The number of urea groups is 1. The number of hydrogen-bond donors (Lipinski definition) is 2. The number of benzene rings is 1. The van der Waals surface area contributed by atoms with Gasteiger partial charge in [-0.2, -0.15) is 0 Å². The molecule has 1 heterocycles. The zero-order valence-electron chi connectivity index (χ0n) is 14.3. The summed E-state index contributed by atoms with van der Waals surface area (Å²) in [6, 6.07) is 7.47. The largest absolute Gasteiger partial charge is 0.350 e. The fourth-order valence-electron chi connectivity index (χ4n) is 2.67. The predicted molar refractivity (Wildman–Crippen MR) is 91.3 cm³/mol. The summed E-state index contributed by atoms with van der Waals surface area (Å²) in [5.41, 5.74) is 1.55. The number of rotatable bonds is 4. The maximum Gasteiger partial charge on any atom is 0.317 e. The molecule has 1 saturated heterocycles. The first-order valence-electron chi connectivity index (χ1n) is 8.38. The lowest BCUT2D eigenvalue weighted by Gasteiger charge is -2.30. The fourth-order valence-corrected chi connectivity index (χ4v) is 2.67. The van der Waals surface area contributed by atoms with Crippen LogP contribution in [0, 0.1) is 5.92 Å². The topological polar surface area (TPSA) is 61.4 Å². The first kappa shape index (κ1) is 17.3. The van der Waals surface area contributed by atoms with Crippen LogP contribution in [0.5, 0.6) is 0 Å². The van der Waals surface area contributed by atoms with Gasteiger partial charge in [-0.3, -0.25) is 4.79 Å². The lowest BCUT2D eigenvalue weighted by molar-refractivity contribution is 0.0943. The van der Waals surface area contributed by atoms with E-state index in [0.717, 1.165) is 31.5 Å². The molecule has 5 nitrogen and oxygen atoms in total. The van der Waals surface area contributed by atoms with Gasteiger partial charge in [-0.25, -0.2) is 4.79 Å². The van der Waals surface area contributed by atoms with Gasteiger partial charge in [0, 0.05) is 31.2 Å². The van der Waals surface area contributed by atoms with E-state index in [9.17, 15) is 9.59 Å². The molecule has 2 rings (SSSR count). The lowest BCUT2D eigenvalue weighted by Crippen LogP contribution is -2.43. The van der Waals surface area contributed by atoms with Crippen LogP contribution >= 0.6 is 0 Å². The zero-order valence-corrected chi connectivity index (χ0v) is 14.3. The zero-order chi connectivity index (χ0) is 16.8. The highest BCUT2D eigenvalue weighted by Gasteiger charge is 2.19. The molecular formula is C18H27N3O2. The molecule has 23 heavy (non-hydrogen) atoms. The first-order chi connectivity index (χ1) is 11.0. The molecule has 5 heteroatoms. The summed E-state index contributed by atoms with van der Waals surface area (Å²) in [6.07, 6.45) is 2.14. The Kier molecular flexibility index (Phi) is 6.02. The van der Waals surface area contributed by atoms with Crippen LogP contribution in [-0.4, -0.2) is 36.0 Å². The van der Waals surface area contributed by atoms with Crippen molar-refractivity contribution in [2.75, 3.05) is 13.1 Å². The minimum absolute atomic E-state index is 0.0195. The van der Waals surface area contributed by atoms with E-state index in [1.807, 2.05) is 36.9 Å². The van der Waals surface area contributed by atoms with Crippen molar-refractivity contribution in [2.45, 2.75) is 46.2 Å². The summed E-state index contributed by atoms with van der Waals surface area (Å²) in [5, 5.41) is 5.82. The van der Waals surface area contributed by atoms with Crippen molar-refractivity contribution in [3.8, 4) is 0 Å². The second-order valence-corrected chi connectivity index (χ2v) is 6.66. The summed E-state index contributed by atoms with van der Waals surface area (Å²) in [4.78, 5) is 26.1. The third-order valence-electron chi connectivity index (χ3n) is 4.12. The van der Waals surface area contributed by atoms with E-state index in [0.29, 0.717) is 18.0 Å². The molecule has 1 fully saturated rings. The number of carbonyl (C=O) groups excluding carboxylic acids is 2. The molecule has 0 saturated carbocycles. The van der Waals surface area contributed by atoms with Gasteiger partial charge in [0.15, 0.2) is 0 Å². The van der Waals surface area contributed by atoms with Crippen LogP contribution in [0.2, 0.25) is 0 Å². The highest BCUT2D eigenvalue weighted by molar-refractivity contribution is 5.94. The van der Waals surface area contributed by atoms with E-state index >= 15 is 0 Å². The lowest BCUT2D eigenvalue weighted by atomic mass is 10.00. The molecule has 1 aromatic carbocycles. The standard InChI is InChI=1S/C18H27N3O2/c1-13(2)20-17(22)16-6-4-5-15(11-16)12-19-18(23)21-9-7-14(3)8-10-21/h4-6,11,13-14H,7-10,12H2,1-3H3,(H,19,23)(H,20,22). The molecule has 0 aromatic heterocycles. The van der Waals surface area contributed by atoms with Crippen molar-refractivity contribution in [3.05, 3.63) is 35.4 Å². The van der Waals surface area contributed by atoms with Crippen molar-refractivity contribution >= 4 is 11.9 Å². The Hall–Kier alpha value is -2.04. The molecule has 0 unspecified atom stereocenters. The Bertz CT molecular complexity index is 549. The number of carbonyl (C=O) groups is 2. The SMILES string of the molecule is CC1CCN(C(=O)NCc2cccc(C(=O)NC(C)C)c2)CC1. The third kappa shape index (κ3) is 5.27. The smallest absolute Gasteiger partial charge is 0.317 e. The van der Waals surface area contributed by atoms with Crippen molar-refractivity contribution in [1.82, 2.24) is 15.5 Å². The van der Waals surface area contributed by atoms with Gasteiger partial charge in [0.1, 0.15) is 0 Å². The first-order valence-corrected chi connectivity index (χ1v) is 8.38. The normalized spacial score (nSPS) is 15.6. The van der Waals surface area contributed by atoms with Gasteiger partial charge >= 0.3 is 6.03 Å². The Labute approximate surface area is 138 Å². The Morgan fingerprint density at radius 3 is 2.61 bits per heavy atom. The van der Waals surface area contributed by atoms with E-state index in [-0.39, 0.29) is 18.0 Å². The van der Waals surface area contributed by atoms with Gasteiger partial charge in [0.2, 0.25) is 0 Å². The molecule has 1 aliphatic heterocycles. The molecule has 1 aliphatic rings. The van der Waals surface area contributed by atoms with E-state index in [1.165, 1.54) is 0 Å². The summed E-state index contributed by atoms with van der Waals surface area (Å²) >= 11 is 0. The number of nitrogens with one attached hydrogen (secondary N) is 2. The van der Waals surface area contributed by atoms with E-state index in [1.54, 1.807) is 6.07 Å². The predicted octanol–water partition coefficient (Wildman–Crippen LogP) is 2.77. The molecule has 0 radical (unpaired) electrons. The van der Waals surface area contributed by atoms with Crippen molar-refractivity contribution < 1.29 is 9.59 Å². The van der Waals surface area contributed by atoms with Crippen LogP contribution in [0.15, 0.2) is 24.3 Å². The molecule has 0 atom stereocenters. The average molecular weight is 317 g/mol. The van der Waals surface area contributed by atoms with Gasteiger partial charge in [-0.1, -0.05) is 19.1 Å². The highest BCUT2D eigenvalue weighted by Crippen LogP contribution is 2.16. The molecule has 0 spiro atoms. The summed E-state index contributed by atoms with van der Waals surface area (Å²) in [6.45, 7) is 8.17. The fraction of sp³-hybridized carbons (Fsp3) is 0.556. The molecule has 126 valence electrons. The van der Waals surface area contributed by atoms with Gasteiger partial charge < -0.3 is 15.5 Å². The van der Waals surface area contributed by atoms with Gasteiger partial charge in [-0.05, 0) is 50.3 Å². The van der Waals surface area contributed by atoms with Crippen molar-refractivity contribution in [3.63, 3.8) is 0 Å². The highest BCUT2D eigenvalue weighted by atomic mass is 16.2. The number of piperidine rings is 1. The van der Waals surface area contributed by atoms with Crippen LogP contribution in [0.25, 0.3) is 0 Å². The van der Waals surface area contributed by atoms with Crippen LogP contribution < -0.4 is 10.6 Å². The van der Waals surface area contributed by atoms with Crippen LogP contribution in [-0.2, 0) is 6.54 Å². The van der Waals surface area contributed by atoms with Gasteiger partial charge in [0.25, 0.3) is 5.91 Å². The van der Waals surface area contributed by atoms with E-state index in [2.05, 4.69) is 17.6 Å². The van der Waals surface area contributed by atoms with Gasteiger partial charge in [0.05, 0.1) is 0 Å². The van der Waals surface area contributed by atoms with E-state index in [4.69, 9.17) is 0 Å². The summed E-state index contributed by atoms with van der Waals surface area (Å²) in [5.74, 6) is 0.619. The molecule has 0 aliphatic carbocycles. The van der Waals surface area contributed by atoms with Crippen molar-refractivity contribution in [1.29, 1.82) is 0 Å². The monoisotopic (exact) mass is 317 g/mol. The molecule has 3 amide bonds. The minimum Gasteiger partial charge on any atom is -0.350 e. The Morgan fingerprint density at radius 1 is 1.26 bits per heavy atom.